The first-order chi connectivity index (χ1) is 8.33. The molecule has 1 atom stereocenters. The van der Waals surface area contributed by atoms with Crippen LogP contribution >= 0.6 is 0 Å². The molecule has 2 aromatic rings. The SMILES string of the molecule is C#CCCn1cncc1C(N)c1ccccc1. The lowest BCUT2D eigenvalue weighted by atomic mass is 10.1. The van der Waals surface area contributed by atoms with Crippen LogP contribution < -0.4 is 5.73 Å². The van der Waals surface area contributed by atoms with Crippen molar-refractivity contribution < 1.29 is 0 Å². The third-order valence-electron chi connectivity index (χ3n) is 2.72. The molecule has 17 heavy (non-hydrogen) atoms. The quantitative estimate of drug-likeness (QED) is 0.808. The number of nitrogens with two attached hydrogens (primary N) is 1. The largest absolute Gasteiger partial charge is 0.332 e. The van der Waals surface area contributed by atoms with E-state index in [1.54, 1.807) is 12.5 Å². The van der Waals surface area contributed by atoms with Crippen molar-refractivity contribution in [1.29, 1.82) is 0 Å². The van der Waals surface area contributed by atoms with E-state index in [0.717, 1.165) is 17.8 Å². The van der Waals surface area contributed by atoms with E-state index in [1.807, 2.05) is 34.9 Å². The fourth-order valence-corrected chi connectivity index (χ4v) is 1.79. The van der Waals surface area contributed by atoms with E-state index in [2.05, 4.69) is 10.9 Å². The highest BCUT2D eigenvalue weighted by molar-refractivity contribution is 5.26. The monoisotopic (exact) mass is 225 g/mol. The van der Waals surface area contributed by atoms with E-state index in [9.17, 15) is 0 Å². The molecule has 1 unspecified atom stereocenters. The Labute approximate surface area is 101 Å². The topological polar surface area (TPSA) is 43.8 Å². The van der Waals surface area contributed by atoms with Gasteiger partial charge in [-0.2, -0.15) is 0 Å². The Morgan fingerprint density at radius 2 is 2.12 bits per heavy atom. The van der Waals surface area contributed by atoms with Gasteiger partial charge in [-0.25, -0.2) is 4.98 Å². The molecule has 0 aliphatic carbocycles. The Balaban J connectivity index is 2.23. The van der Waals surface area contributed by atoms with Gasteiger partial charge in [-0.15, -0.1) is 12.3 Å². The molecule has 0 fully saturated rings. The molecular formula is C14H15N3. The van der Waals surface area contributed by atoms with Gasteiger partial charge in [-0.3, -0.25) is 0 Å². The summed E-state index contributed by atoms with van der Waals surface area (Å²) < 4.78 is 2.01. The minimum absolute atomic E-state index is 0.156. The first-order valence-electron chi connectivity index (χ1n) is 5.57. The molecule has 2 N–H and O–H groups in total. The average Bonchev–Trinajstić information content (AvgIpc) is 2.84. The summed E-state index contributed by atoms with van der Waals surface area (Å²) in [6, 6.07) is 9.82. The molecule has 0 amide bonds. The van der Waals surface area contributed by atoms with E-state index in [0.29, 0.717) is 6.42 Å². The zero-order valence-electron chi connectivity index (χ0n) is 9.58. The van der Waals surface area contributed by atoms with Crippen molar-refractivity contribution in [2.24, 2.45) is 5.73 Å². The van der Waals surface area contributed by atoms with Crippen molar-refractivity contribution in [1.82, 2.24) is 9.55 Å². The van der Waals surface area contributed by atoms with E-state index in [-0.39, 0.29) is 6.04 Å². The lowest BCUT2D eigenvalue weighted by Gasteiger charge is -2.14. The fraction of sp³-hybridized carbons (Fsp3) is 0.214. The summed E-state index contributed by atoms with van der Waals surface area (Å²) in [6.45, 7) is 0.756. The van der Waals surface area contributed by atoms with Gasteiger partial charge in [-0.05, 0) is 5.56 Å². The highest BCUT2D eigenvalue weighted by atomic mass is 15.1. The fourth-order valence-electron chi connectivity index (χ4n) is 1.79. The van der Waals surface area contributed by atoms with Gasteiger partial charge in [-0.1, -0.05) is 30.3 Å². The van der Waals surface area contributed by atoms with Crippen LogP contribution in [0, 0.1) is 12.3 Å². The van der Waals surface area contributed by atoms with E-state index in [4.69, 9.17) is 12.2 Å². The number of hydrogen-bond donors (Lipinski definition) is 1. The van der Waals surface area contributed by atoms with Gasteiger partial charge in [0.2, 0.25) is 0 Å². The van der Waals surface area contributed by atoms with Gasteiger partial charge in [0.15, 0.2) is 0 Å². The summed E-state index contributed by atoms with van der Waals surface area (Å²) in [5.41, 5.74) is 8.29. The van der Waals surface area contributed by atoms with Crippen LogP contribution in [0.5, 0.6) is 0 Å². The number of hydrogen-bond acceptors (Lipinski definition) is 2. The molecule has 1 heterocycles. The number of terminal acetylenes is 1. The van der Waals surface area contributed by atoms with Crippen molar-refractivity contribution in [3.8, 4) is 12.3 Å². The first kappa shape index (κ1) is 11.4. The van der Waals surface area contributed by atoms with Gasteiger partial charge in [0.1, 0.15) is 0 Å². The number of aromatic nitrogens is 2. The molecular weight excluding hydrogens is 210 g/mol. The minimum atomic E-state index is -0.156. The normalized spacial score (nSPS) is 12.0. The standard InChI is InChI=1S/C14H15N3/c1-2-3-9-17-11-16-10-13(17)14(15)12-7-5-4-6-8-12/h1,4-8,10-11,14H,3,9,15H2. The van der Waals surface area contributed by atoms with Crippen molar-refractivity contribution >= 4 is 0 Å². The van der Waals surface area contributed by atoms with Crippen LogP contribution in [-0.4, -0.2) is 9.55 Å². The molecule has 86 valence electrons. The predicted octanol–water partition coefficient (Wildman–Crippen LogP) is 1.95. The maximum absolute atomic E-state index is 6.22. The molecule has 0 spiro atoms. The van der Waals surface area contributed by atoms with Crippen molar-refractivity contribution in [3.05, 3.63) is 54.1 Å². The summed E-state index contributed by atoms with van der Waals surface area (Å²) in [7, 11) is 0. The van der Waals surface area contributed by atoms with Crippen LogP contribution in [0.15, 0.2) is 42.9 Å². The number of imidazole rings is 1. The Bertz CT molecular complexity index is 508. The number of benzene rings is 1. The Morgan fingerprint density at radius 1 is 1.35 bits per heavy atom. The Hall–Kier alpha value is -2.05. The van der Waals surface area contributed by atoms with Gasteiger partial charge < -0.3 is 10.3 Å². The Morgan fingerprint density at radius 3 is 2.82 bits per heavy atom. The van der Waals surface area contributed by atoms with E-state index < -0.39 is 0 Å². The van der Waals surface area contributed by atoms with Crippen LogP contribution in [0.3, 0.4) is 0 Å². The van der Waals surface area contributed by atoms with Crippen molar-refractivity contribution in [2.45, 2.75) is 19.0 Å². The van der Waals surface area contributed by atoms with E-state index in [1.165, 1.54) is 0 Å². The van der Waals surface area contributed by atoms with Crippen LogP contribution in [0.2, 0.25) is 0 Å². The maximum Gasteiger partial charge on any atom is 0.0949 e. The second-order valence-corrected chi connectivity index (χ2v) is 3.85. The van der Waals surface area contributed by atoms with Crippen LogP contribution in [0.1, 0.15) is 23.7 Å². The van der Waals surface area contributed by atoms with Crippen molar-refractivity contribution in [3.63, 3.8) is 0 Å². The van der Waals surface area contributed by atoms with Gasteiger partial charge in [0.25, 0.3) is 0 Å². The molecule has 0 saturated heterocycles. The smallest absolute Gasteiger partial charge is 0.0949 e. The molecule has 0 aliphatic rings. The van der Waals surface area contributed by atoms with Crippen LogP contribution in [0.4, 0.5) is 0 Å². The molecule has 2 rings (SSSR count). The summed E-state index contributed by atoms with van der Waals surface area (Å²) in [5, 5.41) is 0. The van der Waals surface area contributed by atoms with Crippen molar-refractivity contribution in [2.75, 3.05) is 0 Å². The lowest BCUT2D eigenvalue weighted by Crippen LogP contribution is -2.16. The molecule has 1 aromatic carbocycles. The summed E-state index contributed by atoms with van der Waals surface area (Å²) in [6.07, 6.45) is 9.53. The Kier molecular flexibility index (Phi) is 3.59. The molecule has 0 radical (unpaired) electrons. The highest BCUT2D eigenvalue weighted by Crippen LogP contribution is 2.18. The van der Waals surface area contributed by atoms with Crippen LogP contribution in [-0.2, 0) is 6.54 Å². The third kappa shape index (κ3) is 2.55. The summed E-state index contributed by atoms with van der Waals surface area (Å²) in [5.74, 6) is 2.62. The zero-order valence-corrected chi connectivity index (χ0v) is 9.58. The molecule has 3 nitrogen and oxygen atoms in total. The summed E-state index contributed by atoms with van der Waals surface area (Å²) in [4.78, 5) is 4.14. The number of nitrogens with zero attached hydrogens (tertiary/aromatic N) is 2. The van der Waals surface area contributed by atoms with Crippen LogP contribution in [0.25, 0.3) is 0 Å². The zero-order chi connectivity index (χ0) is 12.1. The number of aryl methyl sites for hydroxylation is 1. The molecule has 3 heteroatoms. The second-order valence-electron chi connectivity index (χ2n) is 3.85. The molecule has 0 saturated carbocycles. The third-order valence-corrected chi connectivity index (χ3v) is 2.72. The molecule has 0 bridgehead atoms. The van der Waals surface area contributed by atoms with Gasteiger partial charge >= 0.3 is 0 Å². The van der Waals surface area contributed by atoms with Gasteiger partial charge in [0, 0.05) is 13.0 Å². The lowest BCUT2D eigenvalue weighted by molar-refractivity contribution is 0.650. The minimum Gasteiger partial charge on any atom is -0.332 e. The number of rotatable bonds is 4. The molecule has 1 aromatic heterocycles. The maximum atomic E-state index is 6.22. The second kappa shape index (κ2) is 5.33. The predicted molar refractivity (Wildman–Crippen MR) is 68.1 cm³/mol. The molecule has 0 aliphatic heterocycles. The van der Waals surface area contributed by atoms with Gasteiger partial charge in [0.05, 0.1) is 24.3 Å². The van der Waals surface area contributed by atoms with E-state index >= 15 is 0 Å². The first-order valence-corrected chi connectivity index (χ1v) is 5.57. The average molecular weight is 225 g/mol. The summed E-state index contributed by atoms with van der Waals surface area (Å²) >= 11 is 0. The highest BCUT2D eigenvalue weighted by Gasteiger charge is 2.12.